The minimum atomic E-state index is 0.854. The average molecular weight is 287 g/mol. The molecule has 0 aliphatic heterocycles. The number of benzene rings is 1. The summed E-state index contributed by atoms with van der Waals surface area (Å²) in [5.74, 6) is 0. The highest BCUT2D eigenvalue weighted by molar-refractivity contribution is 7.80. The van der Waals surface area contributed by atoms with E-state index in [1.165, 1.54) is 5.70 Å². The van der Waals surface area contributed by atoms with Crippen LogP contribution in [0.1, 0.15) is 6.42 Å². The van der Waals surface area contributed by atoms with Crippen molar-refractivity contribution in [3.63, 3.8) is 0 Å². The van der Waals surface area contributed by atoms with Gasteiger partial charge in [0.25, 0.3) is 0 Å². The molecular weight excluding hydrogens is 266 g/mol. The Morgan fingerprint density at radius 2 is 1.80 bits per heavy atom. The number of thiol groups is 1. The van der Waals surface area contributed by atoms with Gasteiger partial charge in [0.1, 0.15) is 0 Å². The van der Waals surface area contributed by atoms with E-state index in [0.717, 1.165) is 28.4 Å². The van der Waals surface area contributed by atoms with Crippen LogP contribution < -0.4 is 4.90 Å². The van der Waals surface area contributed by atoms with Crippen molar-refractivity contribution in [1.29, 1.82) is 0 Å². The number of nitrogens with zero attached hydrogens (tertiary/aromatic N) is 3. The topological polar surface area (TPSA) is 18.8 Å². The second kappa shape index (κ2) is 6.18. The molecule has 0 spiro atoms. The number of likely N-dealkylation sites (N-methyl/N-ethyl adjacent to an activating group) is 1. The maximum absolute atomic E-state index is 4.68. The monoisotopic (exact) mass is 287 g/mol. The van der Waals surface area contributed by atoms with Crippen LogP contribution in [0.25, 0.3) is 0 Å². The van der Waals surface area contributed by atoms with Crippen molar-refractivity contribution in [2.75, 3.05) is 33.1 Å². The highest BCUT2D eigenvalue weighted by atomic mass is 32.1. The SMILES string of the molecule is CN(C)C1=CCC(=Nc2ccc(N(C)C)cc2S)C=C1. The quantitative estimate of drug-likeness (QED) is 0.858. The van der Waals surface area contributed by atoms with Crippen molar-refractivity contribution in [3.8, 4) is 0 Å². The summed E-state index contributed by atoms with van der Waals surface area (Å²) in [4.78, 5) is 9.75. The van der Waals surface area contributed by atoms with Gasteiger partial charge in [-0.2, -0.15) is 0 Å². The van der Waals surface area contributed by atoms with E-state index in [-0.39, 0.29) is 0 Å². The van der Waals surface area contributed by atoms with Crippen LogP contribution >= 0.6 is 12.6 Å². The molecule has 0 amide bonds. The third-order valence-electron chi connectivity index (χ3n) is 3.22. The molecule has 1 aromatic rings. The Morgan fingerprint density at radius 1 is 1.05 bits per heavy atom. The van der Waals surface area contributed by atoms with Crippen LogP contribution in [0.15, 0.2) is 52.0 Å². The van der Waals surface area contributed by atoms with Gasteiger partial charge in [-0.15, -0.1) is 12.6 Å². The first kappa shape index (κ1) is 14.7. The fourth-order valence-corrected chi connectivity index (χ4v) is 2.24. The zero-order valence-electron chi connectivity index (χ0n) is 12.5. The molecule has 3 nitrogen and oxygen atoms in total. The van der Waals surface area contributed by atoms with E-state index in [2.05, 4.69) is 51.7 Å². The first-order valence-electron chi connectivity index (χ1n) is 6.61. The molecule has 0 heterocycles. The van der Waals surface area contributed by atoms with Gasteiger partial charge in [0.05, 0.1) is 5.69 Å². The Morgan fingerprint density at radius 3 is 2.30 bits per heavy atom. The molecule has 0 N–H and O–H groups in total. The minimum absolute atomic E-state index is 0.854. The van der Waals surface area contributed by atoms with Crippen molar-refractivity contribution in [1.82, 2.24) is 4.90 Å². The van der Waals surface area contributed by atoms with E-state index in [0.29, 0.717) is 0 Å². The minimum Gasteiger partial charge on any atom is -0.378 e. The summed E-state index contributed by atoms with van der Waals surface area (Å²) in [5.41, 5.74) is 4.33. The van der Waals surface area contributed by atoms with Gasteiger partial charge in [0.15, 0.2) is 0 Å². The molecule has 1 aliphatic carbocycles. The lowest BCUT2D eigenvalue weighted by Crippen LogP contribution is -2.12. The normalized spacial score (nSPS) is 16.2. The molecule has 0 saturated heterocycles. The van der Waals surface area contributed by atoms with Crippen LogP contribution in [0.5, 0.6) is 0 Å². The van der Waals surface area contributed by atoms with Gasteiger partial charge in [-0.3, -0.25) is 4.99 Å². The van der Waals surface area contributed by atoms with Crippen LogP contribution in [-0.2, 0) is 0 Å². The molecule has 0 fully saturated rings. The summed E-state index contributed by atoms with van der Waals surface area (Å²) in [7, 11) is 8.13. The molecule has 0 unspecified atom stereocenters. The predicted molar refractivity (Wildman–Crippen MR) is 90.6 cm³/mol. The van der Waals surface area contributed by atoms with Crippen LogP contribution in [0.2, 0.25) is 0 Å². The molecule has 0 saturated carbocycles. The molecule has 4 heteroatoms. The standard InChI is InChI=1S/C16H21N3S/c1-18(2)13-7-5-12(6-8-13)17-15-10-9-14(19(3)4)11-16(15)20/h5,7-11,20H,6H2,1-4H3. The lowest BCUT2D eigenvalue weighted by Gasteiger charge is -2.17. The number of aliphatic imine (C=N–C) groups is 1. The second-order valence-corrected chi connectivity index (χ2v) is 5.71. The van der Waals surface area contributed by atoms with E-state index < -0.39 is 0 Å². The molecule has 0 bridgehead atoms. The Labute approximate surface area is 126 Å². The third kappa shape index (κ3) is 3.45. The molecule has 106 valence electrons. The van der Waals surface area contributed by atoms with Gasteiger partial charge >= 0.3 is 0 Å². The smallest absolute Gasteiger partial charge is 0.0767 e. The van der Waals surface area contributed by atoms with Gasteiger partial charge in [-0.25, -0.2) is 0 Å². The van der Waals surface area contributed by atoms with Gasteiger partial charge < -0.3 is 9.80 Å². The van der Waals surface area contributed by atoms with Crippen molar-refractivity contribution >= 4 is 29.7 Å². The molecular formula is C16H21N3S. The van der Waals surface area contributed by atoms with Crippen molar-refractivity contribution in [2.45, 2.75) is 11.3 Å². The van der Waals surface area contributed by atoms with Crippen molar-refractivity contribution in [2.24, 2.45) is 4.99 Å². The highest BCUT2D eigenvalue weighted by Crippen LogP contribution is 2.28. The zero-order valence-corrected chi connectivity index (χ0v) is 13.4. The zero-order chi connectivity index (χ0) is 14.7. The molecule has 1 aliphatic rings. The summed E-state index contributed by atoms with van der Waals surface area (Å²) in [6, 6.07) is 6.12. The maximum Gasteiger partial charge on any atom is 0.0767 e. The molecule has 0 atom stereocenters. The second-order valence-electron chi connectivity index (χ2n) is 5.23. The Balaban J connectivity index is 2.19. The van der Waals surface area contributed by atoms with E-state index >= 15 is 0 Å². The predicted octanol–water partition coefficient (Wildman–Crippen LogP) is 3.52. The van der Waals surface area contributed by atoms with E-state index in [1.807, 2.05) is 40.3 Å². The lowest BCUT2D eigenvalue weighted by molar-refractivity contribution is 0.527. The molecule has 0 radical (unpaired) electrons. The first-order valence-corrected chi connectivity index (χ1v) is 7.05. The van der Waals surface area contributed by atoms with Crippen molar-refractivity contribution in [3.05, 3.63) is 42.1 Å². The summed E-state index contributed by atoms with van der Waals surface area (Å²) in [6.45, 7) is 0. The highest BCUT2D eigenvalue weighted by Gasteiger charge is 2.06. The summed E-state index contributed by atoms with van der Waals surface area (Å²) < 4.78 is 0. The molecule has 20 heavy (non-hydrogen) atoms. The van der Waals surface area contributed by atoms with Gasteiger partial charge in [0, 0.05) is 56.6 Å². The molecule has 2 rings (SSSR count). The Hall–Kier alpha value is -1.68. The van der Waals surface area contributed by atoms with Crippen LogP contribution in [0, 0.1) is 0 Å². The average Bonchev–Trinajstić information content (AvgIpc) is 2.41. The summed E-state index contributed by atoms with van der Waals surface area (Å²) in [6.07, 6.45) is 7.20. The van der Waals surface area contributed by atoms with E-state index in [4.69, 9.17) is 0 Å². The van der Waals surface area contributed by atoms with Gasteiger partial charge in [0.2, 0.25) is 0 Å². The lowest BCUT2D eigenvalue weighted by atomic mass is 10.1. The fourth-order valence-electron chi connectivity index (χ4n) is 1.98. The Bertz CT molecular complexity index is 583. The number of rotatable bonds is 3. The number of hydrogen-bond acceptors (Lipinski definition) is 4. The fraction of sp³-hybridized carbons (Fsp3) is 0.312. The van der Waals surface area contributed by atoms with Crippen LogP contribution in [0.4, 0.5) is 11.4 Å². The molecule has 1 aromatic carbocycles. The summed E-state index contributed by atoms with van der Waals surface area (Å²) in [5, 5.41) is 0. The Kier molecular flexibility index (Phi) is 4.55. The number of allylic oxidation sites excluding steroid dienone is 3. The summed E-state index contributed by atoms with van der Waals surface area (Å²) >= 11 is 4.53. The largest absolute Gasteiger partial charge is 0.378 e. The van der Waals surface area contributed by atoms with Gasteiger partial charge in [-0.1, -0.05) is 6.08 Å². The first-order chi connectivity index (χ1) is 9.47. The van der Waals surface area contributed by atoms with Gasteiger partial charge in [-0.05, 0) is 30.4 Å². The number of anilines is 1. The van der Waals surface area contributed by atoms with E-state index in [1.54, 1.807) is 0 Å². The van der Waals surface area contributed by atoms with Crippen LogP contribution in [-0.4, -0.2) is 38.8 Å². The van der Waals surface area contributed by atoms with E-state index in [9.17, 15) is 0 Å². The maximum atomic E-state index is 4.68. The van der Waals surface area contributed by atoms with Crippen molar-refractivity contribution < 1.29 is 0 Å². The van der Waals surface area contributed by atoms with Crippen LogP contribution in [0.3, 0.4) is 0 Å². The number of hydrogen-bond donors (Lipinski definition) is 1. The third-order valence-corrected chi connectivity index (χ3v) is 3.58. The molecule has 0 aromatic heterocycles.